The van der Waals surface area contributed by atoms with Gasteiger partial charge in [0.05, 0.1) is 0 Å². The van der Waals surface area contributed by atoms with E-state index in [2.05, 4.69) is 38.3 Å². The Morgan fingerprint density at radius 2 is 1.85 bits per heavy atom. The monoisotopic (exact) mass is 356 g/mol. The van der Waals surface area contributed by atoms with E-state index in [-0.39, 0.29) is 5.91 Å². The summed E-state index contributed by atoms with van der Waals surface area (Å²) in [6.45, 7) is 6.91. The third-order valence-corrected chi connectivity index (χ3v) is 5.52. The number of rotatable bonds is 5. The van der Waals surface area contributed by atoms with Crippen molar-refractivity contribution < 1.29 is 9.53 Å². The zero-order valence-electron chi connectivity index (χ0n) is 15.2. The van der Waals surface area contributed by atoms with Gasteiger partial charge < -0.3 is 19.9 Å². The smallest absolute Gasteiger partial charge is 0.221 e. The SMILES string of the molecule is O=C1CCN(CCN2CCC(Oc3cccc4[nH]ccc34)CC2)CCN1. The van der Waals surface area contributed by atoms with E-state index in [0.717, 1.165) is 69.9 Å². The number of aromatic amines is 1. The van der Waals surface area contributed by atoms with E-state index in [1.807, 2.05) is 12.3 Å². The van der Waals surface area contributed by atoms with Crippen LogP contribution in [0.3, 0.4) is 0 Å². The average Bonchev–Trinajstić information content (AvgIpc) is 3.05. The van der Waals surface area contributed by atoms with Crippen LogP contribution in [0.25, 0.3) is 10.9 Å². The van der Waals surface area contributed by atoms with E-state index >= 15 is 0 Å². The molecule has 0 radical (unpaired) electrons. The Hall–Kier alpha value is -2.05. The summed E-state index contributed by atoms with van der Waals surface area (Å²) in [7, 11) is 0. The second-order valence-electron chi connectivity index (χ2n) is 7.30. The topological polar surface area (TPSA) is 60.6 Å². The van der Waals surface area contributed by atoms with Gasteiger partial charge in [-0.1, -0.05) is 6.07 Å². The van der Waals surface area contributed by atoms with Gasteiger partial charge >= 0.3 is 0 Å². The maximum Gasteiger partial charge on any atom is 0.221 e. The van der Waals surface area contributed by atoms with Crippen LogP contribution in [0.2, 0.25) is 0 Å². The number of amides is 1. The predicted octanol–water partition coefficient (Wildman–Crippen LogP) is 1.83. The highest BCUT2D eigenvalue weighted by molar-refractivity contribution is 5.85. The molecule has 0 atom stereocenters. The van der Waals surface area contributed by atoms with Gasteiger partial charge in [0.1, 0.15) is 11.9 Å². The van der Waals surface area contributed by atoms with Crippen molar-refractivity contribution in [2.45, 2.75) is 25.4 Å². The van der Waals surface area contributed by atoms with Crippen LogP contribution in [-0.4, -0.2) is 72.6 Å². The number of hydrogen-bond donors (Lipinski definition) is 2. The maximum atomic E-state index is 11.4. The molecule has 1 aromatic carbocycles. The molecule has 1 aromatic heterocycles. The first-order valence-electron chi connectivity index (χ1n) is 9.72. The molecule has 0 saturated carbocycles. The fourth-order valence-electron chi connectivity index (χ4n) is 3.91. The Balaban J connectivity index is 1.23. The Labute approximate surface area is 154 Å². The molecule has 2 aromatic rings. The number of ether oxygens (including phenoxy) is 1. The standard InChI is InChI=1S/C20H28N4O2/c25-20-7-12-24(13-9-22-20)15-14-23-10-5-16(6-11-23)26-19-3-1-2-18-17(19)4-8-21-18/h1-4,8,16,21H,5-7,9-15H2,(H,22,25). The second-order valence-corrected chi connectivity index (χ2v) is 7.30. The molecule has 26 heavy (non-hydrogen) atoms. The average molecular weight is 356 g/mol. The van der Waals surface area contributed by atoms with Crippen molar-refractivity contribution in [3.63, 3.8) is 0 Å². The number of hydrogen-bond acceptors (Lipinski definition) is 4. The molecule has 0 spiro atoms. The molecule has 0 bridgehead atoms. The summed E-state index contributed by atoms with van der Waals surface area (Å²) < 4.78 is 6.30. The quantitative estimate of drug-likeness (QED) is 0.858. The predicted molar refractivity (Wildman–Crippen MR) is 102 cm³/mol. The normalized spacial score (nSPS) is 20.8. The van der Waals surface area contributed by atoms with Gasteiger partial charge in [-0.2, -0.15) is 0 Å². The number of carbonyl (C=O) groups is 1. The second kappa shape index (κ2) is 8.10. The largest absolute Gasteiger partial charge is 0.490 e. The van der Waals surface area contributed by atoms with Crippen LogP contribution in [0.1, 0.15) is 19.3 Å². The van der Waals surface area contributed by atoms with Crippen LogP contribution in [0.5, 0.6) is 5.75 Å². The van der Waals surface area contributed by atoms with E-state index in [1.165, 1.54) is 5.39 Å². The highest BCUT2D eigenvalue weighted by atomic mass is 16.5. The van der Waals surface area contributed by atoms with Crippen LogP contribution in [-0.2, 0) is 4.79 Å². The van der Waals surface area contributed by atoms with Crippen LogP contribution >= 0.6 is 0 Å². The third kappa shape index (κ3) is 4.19. The van der Waals surface area contributed by atoms with E-state index in [0.29, 0.717) is 12.5 Å². The summed E-state index contributed by atoms with van der Waals surface area (Å²) in [5.74, 6) is 1.17. The molecular formula is C20H28N4O2. The number of likely N-dealkylation sites (tertiary alicyclic amines) is 1. The number of nitrogens with one attached hydrogen (secondary N) is 2. The van der Waals surface area contributed by atoms with Crippen molar-refractivity contribution in [1.82, 2.24) is 20.1 Å². The lowest BCUT2D eigenvalue weighted by molar-refractivity contribution is -0.120. The molecule has 0 aliphatic carbocycles. The summed E-state index contributed by atoms with van der Waals surface area (Å²) in [6, 6.07) is 8.28. The lowest BCUT2D eigenvalue weighted by Crippen LogP contribution is -2.42. The molecule has 6 nitrogen and oxygen atoms in total. The van der Waals surface area contributed by atoms with E-state index in [1.54, 1.807) is 0 Å². The van der Waals surface area contributed by atoms with Gasteiger partial charge in [0, 0.05) is 69.3 Å². The zero-order chi connectivity index (χ0) is 17.8. The molecular weight excluding hydrogens is 328 g/mol. The Bertz CT molecular complexity index is 736. The fraction of sp³-hybridized carbons (Fsp3) is 0.550. The summed E-state index contributed by atoms with van der Waals surface area (Å²) in [4.78, 5) is 19.6. The fourth-order valence-corrected chi connectivity index (χ4v) is 3.91. The molecule has 140 valence electrons. The van der Waals surface area contributed by atoms with Gasteiger partial charge in [-0.25, -0.2) is 0 Å². The molecule has 3 heterocycles. The molecule has 4 rings (SSSR count). The molecule has 1 amide bonds. The van der Waals surface area contributed by atoms with Crippen molar-refractivity contribution in [1.29, 1.82) is 0 Å². The zero-order valence-corrected chi connectivity index (χ0v) is 15.2. The first-order valence-corrected chi connectivity index (χ1v) is 9.72. The molecule has 2 aliphatic rings. The number of benzene rings is 1. The van der Waals surface area contributed by atoms with E-state index in [9.17, 15) is 4.79 Å². The first kappa shape index (κ1) is 17.4. The number of H-pyrrole nitrogens is 1. The Morgan fingerprint density at radius 3 is 2.69 bits per heavy atom. The molecule has 6 heteroatoms. The van der Waals surface area contributed by atoms with Crippen LogP contribution < -0.4 is 10.1 Å². The highest BCUT2D eigenvalue weighted by Gasteiger charge is 2.22. The minimum absolute atomic E-state index is 0.183. The van der Waals surface area contributed by atoms with Crippen LogP contribution in [0.15, 0.2) is 30.5 Å². The van der Waals surface area contributed by atoms with Gasteiger partial charge in [0.15, 0.2) is 0 Å². The van der Waals surface area contributed by atoms with Crippen LogP contribution in [0, 0.1) is 0 Å². The molecule has 2 fully saturated rings. The minimum Gasteiger partial charge on any atom is -0.490 e. The molecule has 2 N–H and O–H groups in total. The van der Waals surface area contributed by atoms with Gasteiger partial charge in [-0.3, -0.25) is 9.69 Å². The maximum absolute atomic E-state index is 11.4. The first-order chi connectivity index (χ1) is 12.8. The number of aromatic nitrogens is 1. The van der Waals surface area contributed by atoms with Gasteiger partial charge in [0.25, 0.3) is 0 Å². The lowest BCUT2D eigenvalue weighted by atomic mass is 10.1. The minimum atomic E-state index is 0.183. The molecule has 2 aliphatic heterocycles. The summed E-state index contributed by atoms with van der Waals surface area (Å²) in [5, 5.41) is 4.11. The molecule has 2 saturated heterocycles. The number of piperidine rings is 1. The summed E-state index contributed by atoms with van der Waals surface area (Å²) in [5.41, 5.74) is 1.13. The summed E-state index contributed by atoms with van der Waals surface area (Å²) in [6.07, 6.45) is 5.03. The lowest BCUT2D eigenvalue weighted by Gasteiger charge is -2.33. The third-order valence-electron chi connectivity index (χ3n) is 5.52. The number of fused-ring (bicyclic) bond motifs is 1. The summed E-state index contributed by atoms with van der Waals surface area (Å²) >= 11 is 0. The van der Waals surface area contributed by atoms with Gasteiger partial charge in [-0.05, 0) is 31.0 Å². The number of nitrogens with zero attached hydrogens (tertiary/aromatic N) is 2. The van der Waals surface area contributed by atoms with Gasteiger partial charge in [-0.15, -0.1) is 0 Å². The van der Waals surface area contributed by atoms with Crippen molar-refractivity contribution in [2.24, 2.45) is 0 Å². The Kier molecular flexibility index (Phi) is 5.41. The van der Waals surface area contributed by atoms with Crippen molar-refractivity contribution >= 4 is 16.8 Å². The van der Waals surface area contributed by atoms with Crippen LogP contribution in [0.4, 0.5) is 0 Å². The van der Waals surface area contributed by atoms with Crippen molar-refractivity contribution in [3.05, 3.63) is 30.5 Å². The van der Waals surface area contributed by atoms with Crippen molar-refractivity contribution in [3.8, 4) is 5.75 Å². The van der Waals surface area contributed by atoms with E-state index in [4.69, 9.17) is 4.74 Å². The highest BCUT2D eigenvalue weighted by Crippen LogP contribution is 2.27. The van der Waals surface area contributed by atoms with Gasteiger partial charge in [0.2, 0.25) is 5.91 Å². The van der Waals surface area contributed by atoms with E-state index < -0.39 is 0 Å². The Morgan fingerprint density at radius 1 is 1.04 bits per heavy atom. The van der Waals surface area contributed by atoms with Crippen molar-refractivity contribution in [2.75, 3.05) is 45.8 Å². The number of carbonyl (C=O) groups excluding carboxylic acids is 1. The molecule has 0 unspecified atom stereocenters.